The first-order chi connectivity index (χ1) is 11.4. The van der Waals surface area contributed by atoms with Gasteiger partial charge in [0, 0.05) is 19.8 Å². The van der Waals surface area contributed by atoms with Crippen LogP contribution in [-0.4, -0.2) is 29.3 Å². The first-order valence-electron chi connectivity index (χ1n) is 7.33. The zero-order valence-corrected chi connectivity index (χ0v) is 13.8. The molecule has 0 aliphatic heterocycles. The van der Waals surface area contributed by atoms with E-state index in [1.807, 2.05) is 51.0 Å². The maximum absolute atomic E-state index is 11.6. The largest absolute Gasteiger partial charge is 0.376 e. The van der Waals surface area contributed by atoms with Crippen molar-refractivity contribution < 1.29 is 9.55 Å². The number of nitro benzene ring substituents is 1. The van der Waals surface area contributed by atoms with Crippen LogP contribution in [0.25, 0.3) is 11.0 Å². The number of hydrogen-bond acceptors (Lipinski definition) is 7. The Balaban J connectivity index is 2.22. The van der Waals surface area contributed by atoms with E-state index in [0.29, 0.717) is 16.9 Å². The average molecular weight is 327 g/mol. The normalized spacial score (nSPS) is 10.8. The molecule has 0 unspecified atom stereocenters. The van der Waals surface area contributed by atoms with Gasteiger partial charge in [0.05, 0.1) is 10.6 Å². The van der Waals surface area contributed by atoms with E-state index in [9.17, 15) is 10.1 Å². The van der Waals surface area contributed by atoms with Crippen LogP contribution in [0.3, 0.4) is 0 Å². The van der Waals surface area contributed by atoms with Gasteiger partial charge in [-0.05, 0) is 41.9 Å². The van der Waals surface area contributed by atoms with Crippen molar-refractivity contribution in [2.45, 2.75) is 13.8 Å². The van der Waals surface area contributed by atoms with Gasteiger partial charge in [-0.1, -0.05) is 17.7 Å². The molecule has 1 heterocycles. The second kappa shape index (κ2) is 5.80. The maximum Gasteiger partial charge on any atom is 0.324 e. The topological polar surface area (TPSA) is 97.3 Å². The summed E-state index contributed by atoms with van der Waals surface area (Å²) in [6.45, 7) is 3.95. The van der Waals surface area contributed by atoms with Gasteiger partial charge in [-0.2, -0.15) is 0 Å². The van der Waals surface area contributed by atoms with Gasteiger partial charge in [0.15, 0.2) is 5.52 Å². The van der Waals surface area contributed by atoms with Crippen molar-refractivity contribution in [2.24, 2.45) is 0 Å². The molecule has 24 heavy (non-hydrogen) atoms. The molecule has 3 aromatic rings. The van der Waals surface area contributed by atoms with E-state index < -0.39 is 4.92 Å². The van der Waals surface area contributed by atoms with Gasteiger partial charge >= 0.3 is 5.69 Å². The minimum absolute atomic E-state index is 0.124. The number of nitrogens with zero attached hydrogens (tertiary/aromatic N) is 4. The molecule has 0 aliphatic rings. The standard InChI is InChI=1S/C16H17N5O3/c1-9-5-6-11(10(2)7-9)17-12-8-13(20(3)4)14-15(19-24-18-14)16(12)21(22)23/h5-8,17H,1-4H3. The summed E-state index contributed by atoms with van der Waals surface area (Å²) in [7, 11) is 3.66. The first kappa shape index (κ1) is 15.7. The smallest absolute Gasteiger partial charge is 0.324 e. The van der Waals surface area contributed by atoms with Crippen molar-refractivity contribution in [3.63, 3.8) is 0 Å². The molecule has 1 aromatic heterocycles. The number of rotatable bonds is 4. The molecule has 124 valence electrons. The van der Waals surface area contributed by atoms with Crippen LogP contribution in [0, 0.1) is 24.0 Å². The van der Waals surface area contributed by atoms with Crippen molar-refractivity contribution >= 4 is 33.8 Å². The highest BCUT2D eigenvalue weighted by Gasteiger charge is 2.26. The average Bonchev–Trinajstić information content (AvgIpc) is 2.97. The van der Waals surface area contributed by atoms with Gasteiger partial charge in [-0.3, -0.25) is 10.1 Å². The second-order valence-corrected chi connectivity index (χ2v) is 5.85. The van der Waals surface area contributed by atoms with Crippen LogP contribution >= 0.6 is 0 Å². The maximum atomic E-state index is 11.6. The van der Waals surface area contributed by atoms with Gasteiger partial charge in [-0.25, -0.2) is 4.63 Å². The summed E-state index contributed by atoms with van der Waals surface area (Å²) < 4.78 is 4.73. The summed E-state index contributed by atoms with van der Waals surface area (Å²) in [5.74, 6) is 0. The molecule has 0 aliphatic carbocycles. The van der Waals surface area contributed by atoms with Gasteiger partial charge in [0.25, 0.3) is 0 Å². The molecular formula is C16H17N5O3. The minimum Gasteiger partial charge on any atom is -0.376 e. The zero-order valence-electron chi connectivity index (χ0n) is 13.8. The molecule has 0 fully saturated rings. The molecule has 0 radical (unpaired) electrons. The van der Waals surface area contributed by atoms with Crippen molar-refractivity contribution in [3.8, 4) is 0 Å². The third kappa shape index (κ3) is 2.62. The number of benzene rings is 2. The highest BCUT2D eigenvalue weighted by atomic mass is 16.6. The Kier molecular flexibility index (Phi) is 3.80. The molecule has 2 aromatic carbocycles. The molecule has 0 bridgehead atoms. The molecule has 0 atom stereocenters. The van der Waals surface area contributed by atoms with Crippen LogP contribution < -0.4 is 10.2 Å². The third-order valence-electron chi connectivity index (χ3n) is 3.81. The number of aromatic nitrogens is 2. The fourth-order valence-corrected chi connectivity index (χ4v) is 2.63. The Labute approximate surface area is 138 Å². The summed E-state index contributed by atoms with van der Waals surface area (Å²) in [5, 5.41) is 22.3. The molecule has 3 rings (SSSR count). The fraction of sp³-hybridized carbons (Fsp3) is 0.250. The number of anilines is 3. The second-order valence-electron chi connectivity index (χ2n) is 5.85. The lowest BCUT2D eigenvalue weighted by atomic mass is 10.1. The summed E-state index contributed by atoms with van der Waals surface area (Å²) in [4.78, 5) is 12.9. The molecule has 0 saturated carbocycles. The molecule has 8 heteroatoms. The predicted octanol–water partition coefficient (Wildman–Crippen LogP) is 3.56. The minimum atomic E-state index is -0.474. The summed E-state index contributed by atoms with van der Waals surface area (Å²) in [6.07, 6.45) is 0. The first-order valence-corrected chi connectivity index (χ1v) is 7.33. The molecule has 8 nitrogen and oxygen atoms in total. The van der Waals surface area contributed by atoms with Crippen LogP contribution in [0.1, 0.15) is 11.1 Å². The number of nitrogens with one attached hydrogen (secondary N) is 1. The van der Waals surface area contributed by atoms with Gasteiger partial charge < -0.3 is 10.2 Å². The molecule has 1 N–H and O–H groups in total. The van der Waals surface area contributed by atoms with Gasteiger partial charge in [-0.15, -0.1) is 0 Å². The van der Waals surface area contributed by atoms with Gasteiger partial charge in [0.1, 0.15) is 5.69 Å². The van der Waals surface area contributed by atoms with Crippen LogP contribution in [0.5, 0.6) is 0 Å². The third-order valence-corrected chi connectivity index (χ3v) is 3.81. The van der Waals surface area contributed by atoms with Crippen molar-refractivity contribution in [2.75, 3.05) is 24.3 Å². The Morgan fingerprint density at radius 2 is 1.83 bits per heavy atom. The Bertz CT molecular complexity index is 933. The van der Waals surface area contributed by atoms with E-state index in [-0.39, 0.29) is 11.2 Å². The van der Waals surface area contributed by atoms with Crippen molar-refractivity contribution in [1.82, 2.24) is 10.3 Å². The Hall–Kier alpha value is -3.16. The quantitative estimate of drug-likeness (QED) is 0.578. The zero-order chi connectivity index (χ0) is 17.4. The van der Waals surface area contributed by atoms with Crippen LogP contribution in [-0.2, 0) is 0 Å². The van der Waals surface area contributed by atoms with E-state index in [1.54, 1.807) is 6.07 Å². The Morgan fingerprint density at radius 3 is 2.46 bits per heavy atom. The summed E-state index contributed by atoms with van der Waals surface area (Å²) >= 11 is 0. The van der Waals surface area contributed by atoms with Crippen molar-refractivity contribution in [1.29, 1.82) is 0 Å². The van der Waals surface area contributed by atoms with Crippen molar-refractivity contribution in [3.05, 3.63) is 45.5 Å². The Morgan fingerprint density at radius 1 is 1.12 bits per heavy atom. The van der Waals surface area contributed by atoms with Crippen LogP contribution in [0.4, 0.5) is 22.7 Å². The lowest BCUT2D eigenvalue weighted by Crippen LogP contribution is -2.10. The van der Waals surface area contributed by atoms with E-state index in [2.05, 4.69) is 15.6 Å². The highest BCUT2D eigenvalue weighted by Crippen LogP contribution is 2.39. The number of aryl methyl sites for hydroxylation is 2. The SMILES string of the molecule is Cc1ccc(Nc2cc(N(C)C)c3nonc3c2[N+](=O)[O-])c(C)c1. The van der Waals surface area contributed by atoms with Gasteiger partial charge in [0.2, 0.25) is 5.52 Å². The van der Waals surface area contributed by atoms with E-state index >= 15 is 0 Å². The lowest BCUT2D eigenvalue weighted by molar-refractivity contribution is -0.382. The molecule has 0 saturated heterocycles. The molecule has 0 amide bonds. The summed E-state index contributed by atoms with van der Waals surface area (Å²) in [5.41, 5.74) is 4.27. The highest BCUT2D eigenvalue weighted by molar-refractivity contribution is 6.00. The van der Waals surface area contributed by atoms with Crippen LogP contribution in [0.2, 0.25) is 0 Å². The fourth-order valence-electron chi connectivity index (χ4n) is 2.63. The van der Waals surface area contributed by atoms with E-state index in [1.165, 1.54) is 0 Å². The lowest BCUT2D eigenvalue weighted by Gasteiger charge is -2.16. The van der Waals surface area contributed by atoms with E-state index in [0.717, 1.165) is 16.8 Å². The number of nitro groups is 1. The van der Waals surface area contributed by atoms with Crippen LogP contribution in [0.15, 0.2) is 28.9 Å². The van der Waals surface area contributed by atoms with E-state index in [4.69, 9.17) is 4.63 Å². The molecular weight excluding hydrogens is 310 g/mol. The summed E-state index contributed by atoms with van der Waals surface area (Å²) in [6, 6.07) is 7.54. The molecule has 0 spiro atoms. The number of fused-ring (bicyclic) bond motifs is 1. The number of hydrogen-bond donors (Lipinski definition) is 1. The monoisotopic (exact) mass is 327 g/mol. The predicted molar refractivity (Wildman–Crippen MR) is 92.0 cm³/mol.